The zero-order valence-corrected chi connectivity index (χ0v) is 16.3. The number of aryl methyl sites for hydroxylation is 1. The number of aromatic hydroxyl groups is 1. The number of hydrogen-bond acceptors (Lipinski definition) is 3. The second kappa shape index (κ2) is 7.17. The van der Waals surface area contributed by atoms with Crippen molar-refractivity contribution in [3.05, 3.63) is 101 Å². The zero-order chi connectivity index (χ0) is 19.7. The largest absolute Gasteiger partial charge is 0.508 e. The predicted molar refractivity (Wildman–Crippen MR) is 111 cm³/mol. The van der Waals surface area contributed by atoms with Gasteiger partial charge in [-0.25, -0.2) is 8.42 Å². The Morgan fingerprint density at radius 3 is 2.39 bits per heavy atom. The minimum absolute atomic E-state index is 0.132. The first-order valence-electron chi connectivity index (χ1n) is 9.11. The number of benzene rings is 3. The highest BCUT2D eigenvalue weighted by Crippen LogP contribution is 2.41. The molecule has 0 bridgehead atoms. The van der Waals surface area contributed by atoms with Crippen LogP contribution in [0, 0.1) is 6.92 Å². The Balaban J connectivity index is 1.80. The van der Waals surface area contributed by atoms with Crippen LogP contribution in [0.25, 0.3) is 0 Å². The average Bonchev–Trinajstić information content (AvgIpc) is 2.71. The number of rotatable bonds is 4. The van der Waals surface area contributed by atoms with E-state index < -0.39 is 10.0 Å². The molecule has 0 saturated heterocycles. The number of sulfonamides is 1. The van der Waals surface area contributed by atoms with Crippen LogP contribution in [0.4, 0.5) is 5.69 Å². The Morgan fingerprint density at radius 1 is 0.964 bits per heavy atom. The molecule has 2 N–H and O–H groups in total. The molecule has 4 rings (SSSR count). The maximum Gasteiger partial charge on any atom is 0.261 e. The molecule has 0 unspecified atom stereocenters. The number of hydrogen-bond donors (Lipinski definition) is 2. The fourth-order valence-corrected chi connectivity index (χ4v) is 4.67. The molecule has 1 aliphatic carbocycles. The van der Waals surface area contributed by atoms with Crippen molar-refractivity contribution in [1.82, 2.24) is 0 Å². The van der Waals surface area contributed by atoms with E-state index in [4.69, 9.17) is 0 Å². The molecule has 1 aliphatic rings. The lowest BCUT2D eigenvalue weighted by atomic mass is 9.82. The van der Waals surface area contributed by atoms with Gasteiger partial charge < -0.3 is 5.11 Å². The van der Waals surface area contributed by atoms with E-state index in [1.54, 1.807) is 36.4 Å². The van der Waals surface area contributed by atoms with Crippen molar-refractivity contribution in [2.45, 2.75) is 24.2 Å². The van der Waals surface area contributed by atoms with Gasteiger partial charge in [-0.2, -0.15) is 0 Å². The molecular weight excluding hydrogens is 370 g/mol. The standard InChI is InChI=1S/C23H21NO3S/c1-16-10-12-18(13-11-16)28(26,27)24-21-14-15-22(25)20-9-5-8-19(23(20)21)17-6-3-2-4-7-17/h2-8,10-15,19,24-25H,9H2,1H3/t19-/m1/s1. The summed E-state index contributed by atoms with van der Waals surface area (Å²) in [6, 6.07) is 19.8. The Kier molecular flexibility index (Phi) is 4.69. The molecule has 0 fully saturated rings. The molecule has 0 amide bonds. The van der Waals surface area contributed by atoms with E-state index in [2.05, 4.69) is 10.8 Å². The third-order valence-corrected chi connectivity index (χ3v) is 6.41. The van der Waals surface area contributed by atoms with Crippen molar-refractivity contribution in [2.75, 3.05) is 4.72 Å². The molecule has 4 nitrogen and oxygen atoms in total. The molecule has 0 spiro atoms. The Labute approximate surface area is 165 Å². The highest BCUT2D eigenvalue weighted by atomic mass is 32.2. The van der Waals surface area contributed by atoms with Gasteiger partial charge in [0.25, 0.3) is 10.0 Å². The molecule has 3 aromatic carbocycles. The third-order valence-electron chi connectivity index (χ3n) is 5.03. The van der Waals surface area contributed by atoms with Crippen LogP contribution in [0.3, 0.4) is 0 Å². The lowest BCUT2D eigenvalue weighted by molar-refractivity contribution is 0.468. The smallest absolute Gasteiger partial charge is 0.261 e. The van der Waals surface area contributed by atoms with E-state index in [0.717, 1.165) is 22.3 Å². The van der Waals surface area contributed by atoms with Crippen molar-refractivity contribution in [3.8, 4) is 5.75 Å². The SMILES string of the molecule is Cc1ccc(S(=O)(=O)Nc2ccc(O)c3c2[C@@H](c2ccccc2)C=CC3)cc1. The third kappa shape index (κ3) is 3.41. The van der Waals surface area contributed by atoms with Gasteiger partial charge >= 0.3 is 0 Å². The average molecular weight is 391 g/mol. The molecule has 0 heterocycles. The summed E-state index contributed by atoms with van der Waals surface area (Å²) in [6.45, 7) is 1.91. The zero-order valence-electron chi connectivity index (χ0n) is 15.5. The second-order valence-corrected chi connectivity index (χ2v) is 8.65. The van der Waals surface area contributed by atoms with Crippen LogP contribution in [0.2, 0.25) is 0 Å². The molecule has 0 aliphatic heterocycles. The van der Waals surface area contributed by atoms with E-state index >= 15 is 0 Å². The monoisotopic (exact) mass is 391 g/mol. The Hall–Kier alpha value is -3.05. The van der Waals surface area contributed by atoms with Gasteiger partial charge in [-0.05, 0) is 48.7 Å². The quantitative estimate of drug-likeness (QED) is 0.498. The first-order chi connectivity index (χ1) is 13.5. The van der Waals surface area contributed by atoms with Crippen LogP contribution in [0.5, 0.6) is 5.75 Å². The van der Waals surface area contributed by atoms with Gasteiger partial charge in [0.2, 0.25) is 0 Å². The minimum Gasteiger partial charge on any atom is -0.508 e. The highest BCUT2D eigenvalue weighted by molar-refractivity contribution is 7.92. The van der Waals surface area contributed by atoms with Crippen molar-refractivity contribution in [1.29, 1.82) is 0 Å². The van der Waals surface area contributed by atoms with Crippen molar-refractivity contribution < 1.29 is 13.5 Å². The van der Waals surface area contributed by atoms with E-state index in [1.807, 2.05) is 43.3 Å². The number of anilines is 1. The topological polar surface area (TPSA) is 66.4 Å². The lowest BCUT2D eigenvalue weighted by Gasteiger charge is -2.26. The molecule has 5 heteroatoms. The summed E-state index contributed by atoms with van der Waals surface area (Å²) in [4.78, 5) is 0.211. The van der Waals surface area contributed by atoms with Gasteiger partial charge in [0, 0.05) is 11.5 Å². The fourth-order valence-electron chi connectivity index (χ4n) is 3.59. The van der Waals surface area contributed by atoms with Gasteiger partial charge in [-0.15, -0.1) is 0 Å². The van der Waals surface area contributed by atoms with Crippen molar-refractivity contribution >= 4 is 15.7 Å². The summed E-state index contributed by atoms with van der Waals surface area (Å²) in [5.74, 6) is 0.0475. The van der Waals surface area contributed by atoms with Gasteiger partial charge in [-0.1, -0.05) is 60.2 Å². The molecule has 142 valence electrons. The molecule has 0 aromatic heterocycles. The Bertz CT molecular complexity index is 1130. The molecular formula is C23H21NO3S. The van der Waals surface area contributed by atoms with Crippen molar-refractivity contribution in [3.63, 3.8) is 0 Å². The molecule has 1 atom stereocenters. The normalized spacial score (nSPS) is 15.8. The number of fused-ring (bicyclic) bond motifs is 1. The van der Waals surface area contributed by atoms with Crippen LogP contribution in [0.1, 0.15) is 28.2 Å². The molecule has 0 radical (unpaired) electrons. The van der Waals surface area contributed by atoms with E-state index in [0.29, 0.717) is 12.1 Å². The lowest BCUT2D eigenvalue weighted by Crippen LogP contribution is -2.17. The van der Waals surface area contributed by atoms with Crippen LogP contribution in [-0.4, -0.2) is 13.5 Å². The first kappa shape index (κ1) is 18.3. The summed E-state index contributed by atoms with van der Waals surface area (Å²) in [5, 5.41) is 10.4. The second-order valence-electron chi connectivity index (χ2n) is 6.96. The van der Waals surface area contributed by atoms with Crippen molar-refractivity contribution in [2.24, 2.45) is 0 Å². The summed E-state index contributed by atoms with van der Waals surface area (Å²) in [5.41, 5.74) is 4.08. The van der Waals surface area contributed by atoms with Crippen LogP contribution in [-0.2, 0) is 16.4 Å². The van der Waals surface area contributed by atoms with E-state index in [9.17, 15) is 13.5 Å². The predicted octanol–water partition coefficient (Wildman–Crippen LogP) is 4.75. The van der Waals surface area contributed by atoms with Gasteiger partial charge in [0.15, 0.2) is 0 Å². The molecule has 28 heavy (non-hydrogen) atoms. The summed E-state index contributed by atoms with van der Waals surface area (Å²) >= 11 is 0. The number of allylic oxidation sites excluding steroid dienone is 2. The minimum atomic E-state index is -3.74. The van der Waals surface area contributed by atoms with Gasteiger partial charge in [0.05, 0.1) is 10.6 Å². The summed E-state index contributed by atoms with van der Waals surface area (Å²) in [6.07, 6.45) is 4.63. The molecule has 3 aromatic rings. The summed E-state index contributed by atoms with van der Waals surface area (Å²) in [7, 11) is -3.74. The van der Waals surface area contributed by atoms with Crippen LogP contribution < -0.4 is 4.72 Å². The highest BCUT2D eigenvalue weighted by Gasteiger charge is 2.26. The number of phenols is 1. The fraction of sp³-hybridized carbons (Fsp3) is 0.130. The number of phenolic OH excluding ortho intramolecular Hbond substituents is 1. The van der Waals surface area contributed by atoms with E-state index in [-0.39, 0.29) is 16.6 Å². The summed E-state index contributed by atoms with van der Waals surface area (Å²) < 4.78 is 28.6. The van der Waals surface area contributed by atoms with E-state index in [1.165, 1.54) is 0 Å². The number of nitrogens with one attached hydrogen (secondary N) is 1. The van der Waals surface area contributed by atoms with Crippen LogP contribution >= 0.6 is 0 Å². The maximum absolute atomic E-state index is 12.9. The van der Waals surface area contributed by atoms with Crippen LogP contribution in [0.15, 0.2) is 83.8 Å². The first-order valence-corrected chi connectivity index (χ1v) is 10.6. The molecule has 0 saturated carbocycles. The van der Waals surface area contributed by atoms with Gasteiger partial charge in [-0.3, -0.25) is 4.72 Å². The maximum atomic E-state index is 12.9. The Morgan fingerprint density at radius 2 is 1.68 bits per heavy atom. The van der Waals surface area contributed by atoms with Gasteiger partial charge in [0.1, 0.15) is 5.75 Å².